The summed E-state index contributed by atoms with van der Waals surface area (Å²) in [5, 5.41) is 0. The highest BCUT2D eigenvalue weighted by Crippen LogP contribution is 2.33. The number of hydrogen-bond acceptors (Lipinski definition) is 1. The van der Waals surface area contributed by atoms with Crippen LogP contribution in [-0.4, -0.2) is 11.6 Å². The average Bonchev–Trinajstić information content (AvgIpc) is 1.98. The first-order chi connectivity index (χ1) is 4.13. The Balaban J connectivity index is 3.11. The summed E-state index contributed by atoms with van der Waals surface area (Å²) in [4.78, 5) is 1.34. The molecule has 0 aliphatic carbocycles. The molecule has 0 aromatic heterocycles. The van der Waals surface area contributed by atoms with Crippen LogP contribution in [-0.2, 0) is 0 Å². The summed E-state index contributed by atoms with van der Waals surface area (Å²) >= 11 is 0. The topological polar surface area (TPSA) is 12.4 Å². The Morgan fingerprint density at radius 3 is 2.00 bits per heavy atom. The van der Waals surface area contributed by atoms with Gasteiger partial charge in [0, 0.05) is 10.6 Å². The minimum absolute atomic E-state index is 0.0602. The minimum atomic E-state index is -0.0602. The molecule has 0 saturated heterocycles. The Labute approximate surface area is 58.6 Å². The van der Waals surface area contributed by atoms with E-state index in [1.165, 1.54) is 10.5 Å². The lowest BCUT2D eigenvalue weighted by Gasteiger charge is -1.92. The Kier molecular flexibility index (Phi) is 1.58. The molecule has 0 saturated carbocycles. The molecule has 0 fully saturated rings. The van der Waals surface area contributed by atoms with Gasteiger partial charge in [-0.25, -0.2) is 4.40 Å². The number of hydrogen-bond donors (Lipinski definition) is 0. The molecule has 1 atom stereocenters. The van der Waals surface area contributed by atoms with Gasteiger partial charge in [-0.15, -0.1) is 0 Å². The second-order valence-corrected chi connectivity index (χ2v) is 3.75. The Morgan fingerprint density at radius 1 is 1.33 bits per heavy atom. The lowest BCUT2D eigenvalue weighted by molar-refractivity contribution is 1.50. The summed E-state index contributed by atoms with van der Waals surface area (Å²) in [6.45, 7) is 6.24. The van der Waals surface area contributed by atoms with Crippen LogP contribution in [0.15, 0.2) is 14.9 Å². The standard InChI is InChI=1S/C7H11NS/c1-5-6(2)8-9(4)7(5)3/h4H2,1-3H3. The van der Waals surface area contributed by atoms with Crippen molar-refractivity contribution < 1.29 is 0 Å². The fourth-order valence-corrected chi connectivity index (χ4v) is 1.84. The predicted molar refractivity (Wildman–Crippen MR) is 46.2 cm³/mol. The van der Waals surface area contributed by atoms with Gasteiger partial charge in [0.2, 0.25) is 0 Å². The van der Waals surface area contributed by atoms with E-state index in [4.69, 9.17) is 0 Å². The highest BCUT2D eigenvalue weighted by molar-refractivity contribution is 8.16. The van der Waals surface area contributed by atoms with Gasteiger partial charge in [0.05, 0.1) is 0 Å². The van der Waals surface area contributed by atoms with Gasteiger partial charge < -0.3 is 0 Å². The van der Waals surface area contributed by atoms with Gasteiger partial charge in [-0.05, 0) is 32.2 Å². The molecule has 1 rings (SSSR count). The zero-order valence-electron chi connectivity index (χ0n) is 6.06. The van der Waals surface area contributed by atoms with Crippen molar-refractivity contribution in [3.8, 4) is 0 Å². The fraction of sp³-hybridized carbons (Fsp3) is 0.429. The Bertz CT molecular complexity index is 223. The van der Waals surface area contributed by atoms with Crippen LogP contribution in [0.3, 0.4) is 0 Å². The monoisotopic (exact) mass is 141 g/mol. The average molecular weight is 141 g/mol. The van der Waals surface area contributed by atoms with Crippen molar-refractivity contribution >= 4 is 22.3 Å². The first-order valence-corrected chi connectivity index (χ1v) is 4.25. The van der Waals surface area contributed by atoms with Gasteiger partial charge in [-0.3, -0.25) is 0 Å². The van der Waals surface area contributed by atoms with Gasteiger partial charge in [0.25, 0.3) is 0 Å². The van der Waals surface area contributed by atoms with E-state index in [0.29, 0.717) is 0 Å². The molecule has 0 bridgehead atoms. The van der Waals surface area contributed by atoms with E-state index in [1.54, 1.807) is 0 Å². The summed E-state index contributed by atoms with van der Waals surface area (Å²) in [6, 6.07) is 0. The van der Waals surface area contributed by atoms with Crippen molar-refractivity contribution in [2.75, 3.05) is 0 Å². The molecule has 2 heteroatoms. The minimum Gasteiger partial charge on any atom is -0.224 e. The van der Waals surface area contributed by atoms with Gasteiger partial charge in [0.15, 0.2) is 0 Å². The third-order valence-corrected chi connectivity index (χ3v) is 3.18. The van der Waals surface area contributed by atoms with Gasteiger partial charge in [0.1, 0.15) is 0 Å². The summed E-state index contributed by atoms with van der Waals surface area (Å²) in [6.07, 6.45) is 0. The van der Waals surface area contributed by atoms with Gasteiger partial charge in [-0.2, -0.15) is 0 Å². The highest BCUT2D eigenvalue weighted by Gasteiger charge is 2.09. The molecule has 1 aliphatic rings. The van der Waals surface area contributed by atoms with Crippen molar-refractivity contribution in [2.45, 2.75) is 20.8 Å². The van der Waals surface area contributed by atoms with E-state index >= 15 is 0 Å². The highest BCUT2D eigenvalue weighted by atomic mass is 32.2. The van der Waals surface area contributed by atoms with E-state index in [9.17, 15) is 0 Å². The molecule has 1 heterocycles. The molecule has 0 amide bonds. The maximum atomic E-state index is 4.31. The molecule has 0 aromatic rings. The second-order valence-electron chi connectivity index (χ2n) is 2.22. The van der Waals surface area contributed by atoms with Crippen molar-refractivity contribution in [1.82, 2.24) is 0 Å². The molecule has 0 N–H and O–H groups in total. The van der Waals surface area contributed by atoms with Crippen molar-refractivity contribution in [2.24, 2.45) is 4.40 Å². The Morgan fingerprint density at radius 2 is 1.89 bits per heavy atom. The normalized spacial score (nSPS) is 27.0. The Hall–Kier alpha value is -0.370. The number of nitrogens with zero attached hydrogens (tertiary/aromatic N) is 1. The summed E-state index contributed by atoms with van der Waals surface area (Å²) in [5.74, 6) is 3.90. The van der Waals surface area contributed by atoms with E-state index in [-0.39, 0.29) is 10.7 Å². The lowest BCUT2D eigenvalue weighted by Crippen LogP contribution is -1.86. The molecule has 0 aromatic carbocycles. The molecule has 1 unspecified atom stereocenters. The van der Waals surface area contributed by atoms with Crippen LogP contribution >= 0.6 is 10.7 Å². The summed E-state index contributed by atoms with van der Waals surface area (Å²) in [5.41, 5.74) is 2.49. The summed E-state index contributed by atoms with van der Waals surface area (Å²) < 4.78 is 4.31. The maximum Gasteiger partial charge on any atom is 0.0490 e. The number of rotatable bonds is 0. The number of allylic oxidation sites excluding steroid dienone is 2. The third kappa shape index (κ3) is 0.990. The molecule has 0 spiro atoms. The fourth-order valence-electron chi connectivity index (χ4n) is 0.734. The first kappa shape index (κ1) is 6.75. The predicted octanol–water partition coefficient (Wildman–Crippen LogP) is 2.37. The van der Waals surface area contributed by atoms with Crippen LogP contribution in [0.2, 0.25) is 0 Å². The van der Waals surface area contributed by atoms with Crippen molar-refractivity contribution in [3.05, 3.63) is 10.5 Å². The van der Waals surface area contributed by atoms with Crippen LogP contribution < -0.4 is 0 Å². The maximum absolute atomic E-state index is 4.31. The van der Waals surface area contributed by atoms with Crippen LogP contribution in [0.4, 0.5) is 0 Å². The SMILES string of the molecule is C=S1N=C(C)C(C)=C1C. The molecule has 50 valence electrons. The van der Waals surface area contributed by atoms with Crippen LogP contribution in [0, 0.1) is 0 Å². The van der Waals surface area contributed by atoms with Crippen LogP contribution in [0.1, 0.15) is 20.8 Å². The zero-order valence-corrected chi connectivity index (χ0v) is 6.88. The molecule has 1 aliphatic heterocycles. The quantitative estimate of drug-likeness (QED) is 0.459. The zero-order chi connectivity index (χ0) is 7.02. The molecular weight excluding hydrogens is 130 g/mol. The van der Waals surface area contributed by atoms with E-state index < -0.39 is 0 Å². The third-order valence-electron chi connectivity index (χ3n) is 1.67. The molecular formula is C7H11NS. The van der Waals surface area contributed by atoms with Gasteiger partial charge >= 0.3 is 0 Å². The van der Waals surface area contributed by atoms with Crippen molar-refractivity contribution in [1.29, 1.82) is 0 Å². The molecule has 9 heavy (non-hydrogen) atoms. The van der Waals surface area contributed by atoms with Crippen LogP contribution in [0.25, 0.3) is 0 Å². The molecule has 1 nitrogen and oxygen atoms in total. The lowest BCUT2D eigenvalue weighted by atomic mass is 10.2. The van der Waals surface area contributed by atoms with E-state index in [2.05, 4.69) is 24.1 Å². The smallest absolute Gasteiger partial charge is 0.0490 e. The second kappa shape index (κ2) is 2.10. The largest absolute Gasteiger partial charge is 0.224 e. The van der Waals surface area contributed by atoms with Crippen molar-refractivity contribution in [3.63, 3.8) is 0 Å². The van der Waals surface area contributed by atoms with E-state index in [1.807, 2.05) is 6.92 Å². The van der Waals surface area contributed by atoms with Gasteiger partial charge in [-0.1, -0.05) is 10.7 Å². The summed E-state index contributed by atoms with van der Waals surface area (Å²) in [7, 11) is -0.0602. The first-order valence-electron chi connectivity index (χ1n) is 2.90. The van der Waals surface area contributed by atoms with E-state index in [0.717, 1.165) is 5.71 Å². The van der Waals surface area contributed by atoms with Crippen LogP contribution in [0.5, 0.6) is 0 Å². The molecule has 0 radical (unpaired) electrons.